The van der Waals surface area contributed by atoms with Gasteiger partial charge in [0.05, 0.1) is 35.3 Å². The number of nitrogens with one attached hydrogen (secondary N) is 1. The van der Waals surface area contributed by atoms with Gasteiger partial charge in [0.15, 0.2) is 0 Å². The molecule has 6 heteroatoms. The molecule has 2 rings (SSSR count). The second-order valence-electron chi connectivity index (χ2n) is 3.28. The maximum absolute atomic E-state index is 4.30. The summed E-state index contributed by atoms with van der Waals surface area (Å²) in [5, 5.41) is 7.26. The minimum absolute atomic E-state index is 0.630. The molecule has 5 nitrogen and oxygen atoms in total. The SMILES string of the molecule is CCNc1cnc(Cn2cc(Br)cn2)cn1. The van der Waals surface area contributed by atoms with E-state index < -0.39 is 0 Å². The van der Waals surface area contributed by atoms with E-state index in [2.05, 4.69) is 36.3 Å². The molecule has 0 saturated heterocycles. The predicted octanol–water partition coefficient (Wildman–Crippen LogP) is 1.92. The Morgan fingerprint density at radius 1 is 1.31 bits per heavy atom. The number of rotatable bonds is 4. The van der Waals surface area contributed by atoms with E-state index in [9.17, 15) is 0 Å². The summed E-state index contributed by atoms with van der Waals surface area (Å²) in [6.45, 7) is 3.50. The van der Waals surface area contributed by atoms with Gasteiger partial charge in [0, 0.05) is 12.7 Å². The molecule has 0 aliphatic heterocycles. The first-order valence-corrected chi connectivity index (χ1v) is 5.80. The number of halogens is 1. The van der Waals surface area contributed by atoms with Gasteiger partial charge in [-0.05, 0) is 22.9 Å². The monoisotopic (exact) mass is 281 g/mol. The van der Waals surface area contributed by atoms with Gasteiger partial charge >= 0.3 is 0 Å². The minimum Gasteiger partial charge on any atom is -0.369 e. The van der Waals surface area contributed by atoms with Crippen LogP contribution in [0.15, 0.2) is 29.3 Å². The molecular weight excluding hydrogens is 270 g/mol. The molecule has 84 valence electrons. The maximum Gasteiger partial charge on any atom is 0.144 e. The smallest absolute Gasteiger partial charge is 0.144 e. The number of anilines is 1. The fourth-order valence-corrected chi connectivity index (χ4v) is 1.63. The van der Waals surface area contributed by atoms with Gasteiger partial charge in [-0.3, -0.25) is 9.67 Å². The van der Waals surface area contributed by atoms with Crippen molar-refractivity contribution < 1.29 is 0 Å². The summed E-state index contributed by atoms with van der Waals surface area (Å²) in [5.41, 5.74) is 0.886. The van der Waals surface area contributed by atoms with Crippen molar-refractivity contribution in [2.75, 3.05) is 11.9 Å². The first-order chi connectivity index (χ1) is 7.78. The van der Waals surface area contributed by atoms with Gasteiger partial charge in [0.1, 0.15) is 5.82 Å². The fourth-order valence-electron chi connectivity index (χ4n) is 1.30. The zero-order valence-corrected chi connectivity index (χ0v) is 10.5. The molecule has 0 fully saturated rings. The summed E-state index contributed by atoms with van der Waals surface area (Å²) >= 11 is 3.35. The highest BCUT2D eigenvalue weighted by molar-refractivity contribution is 9.10. The van der Waals surface area contributed by atoms with E-state index in [1.807, 2.05) is 13.1 Å². The molecule has 0 aromatic carbocycles. The molecule has 0 atom stereocenters. The van der Waals surface area contributed by atoms with Crippen LogP contribution in [-0.4, -0.2) is 26.3 Å². The molecule has 1 N–H and O–H groups in total. The first-order valence-electron chi connectivity index (χ1n) is 5.00. The summed E-state index contributed by atoms with van der Waals surface area (Å²) in [7, 11) is 0. The number of hydrogen-bond acceptors (Lipinski definition) is 4. The third kappa shape index (κ3) is 2.79. The van der Waals surface area contributed by atoms with Gasteiger partial charge < -0.3 is 5.32 Å². The Bertz CT molecular complexity index is 450. The first kappa shape index (κ1) is 11.1. The third-order valence-corrected chi connectivity index (χ3v) is 2.40. The Morgan fingerprint density at radius 3 is 2.75 bits per heavy atom. The fraction of sp³-hybridized carbons (Fsp3) is 0.300. The van der Waals surface area contributed by atoms with Crippen LogP contribution in [0.2, 0.25) is 0 Å². The van der Waals surface area contributed by atoms with Crippen molar-refractivity contribution in [1.29, 1.82) is 0 Å². The van der Waals surface area contributed by atoms with Crippen LogP contribution in [0.25, 0.3) is 0 Å². The minimum atomic E-state index is 0.630. The average molecular weight is 282 g/mol. The Morgan fingerprint density at radius 2 is 2.19 bits per heavy atom. The average Bonchev–Trinajstić information content (AvgIpc) is 2.67. The van der Waals surface area contributed by atoms with Crippen LogP contribution >= 0.6 is 15.9 Å². The molecule has 0 radical (unpaired) electrons. The highest BCUT2D eigenvalue weighted by atomic mass is 79.9. The van der Waals surface area contributed by atoms with Crippen LogP contribution in [0.5, 0.6) is 0 Å². The molecule has 0 saturated carbocycles. The van der Waals surface area contributed by atoms with Crippen molar-refractivity contribution in [2.24, 2.45) is 0 Å². The molecule has 0 amide bonds. The van der Waals surface area contributed by atoms with Crippen molar-refractivity contribution >= 4 is 21.7 Å². The van der Waals surface area contributed by atoms with Gasteiger partial charge in [0.25, 0.3) is 0 Å². The van der Waals surface area contributed by atoms with Crippen LogP contribution in [0.4, 0.5) is 5.82 Å². The normalized spacial score (nSPS) is 10.4. The Balaban J connectivity index is 2.05. The summed E-state index contributed by atoms with van der Waals surface area (Å²) in [4.78, 5) is 8.55. The Hall–Kier alpha value is -1.43. The van der Waals surface area contributed by atoms with Gasteiger partial charge in [-0.15, -0.1) is 0 Å². The molecular formula is C10H12BrN5. The van der Waals surface area contributed by atoms with Crippen molar-refractivity contribution in [3.05, 3.63) is 35.0 Å². The Kier molecular flexibility index (Phi) is 3.51. The summed E-state index contributed by atoms with van der Waals surface area (Å²) < 4.78 is 2.77. The van der Waals surface area contributed by atoms with Crippen LogP contribution in [-0.2, 0) is 6.54 Å². The highest BCUT2D eigenvalue weighted by Crippen LogP contribution is 2.08. The summed E-state index contributed by atoms with van der Waals surface area (Å²) in [5.74, 6) is 0.799. The van der Waals surface area contributed by atoms with Crippen LogP contribution in [0.1, 0.15) is 12.6 Å². The molecule has 0 bridgehead atoms. The lowest BCUT2D eigenvalue weighted by molar-refractivity contribution is 0.670. The molecule has 2 aromatic heterocycles. The lowest BCUT2D eigenvalue weighted by atomic mass is 10.4. The van der Waals surface area contributed by atoms with Gasteiger partial charge in [-0.25, -0.2) is 4.98 Å². The topological polar surface area (TPSA) is 55.6 Å². The van der Waals surface area contributed by atoms with Crippen molar-refractivity contribution in [1.82, 2.24) is 19.7 Å². The van der Waals surface area contributed by atoms with Crippen LogP contribution in [0, 0.1) is 0 Å². The number of nitrogens with zero attached hydrogens (tertiary/aromatic N) is 4. The van der Waals surface area contributed by atoms with Crippen molar-refractivity contribution in [3.63, 3.8) is 0 Å². The second-order valence-corrected chi connectivity index (χ2v) is 4.20. The Labute approximate surface area is 102 Å². The van der Waals surface area contributed by atoms with E-state index in [4.69, 9.17) is 0 Å². The molecule has 0 aliphatic carbocycles. The zero-order chi connectivity index (χ0) is 11.4. The van der Waals surface area contributed by atoms with Gasteiger partial charge in [-0.2, -0.15) is 5.10 Å². The number of aromatic nitrogens is 4. The largest absolute Gasteiger partial charge is 0.369 e. The van der Waals surface area contributed by atoms with Crippen molar-refractivity contribution in [3.8, 4) is 0 Å². The highest BCUT2D eigenvalue weighted by Gasteiger charge is 1.99. The van der Waals surface area contributed by atoms with E-state index in [-0.39, 0.29) is 0 Å². The summed E-state index contributed by atoms with van der Waals surface area (Å²) in [6.07, 6.45) is 7.14. The van der Waals surface area contributed by atoms with E-state index in [1.54, 1.807) is 23.3 Å². The molecule has 2 aromatic rings. The zero-order valence-electron chi connectivity index (χ0n) is 8.89. The molecule has 16 heavy (non-hydrogen) atoms. The summed E-state index contributed by atoms with van der Waals surface area (Å²) in [6, 6.07) is 0. The molecule has 0 spiro atoms. The van der Waals surface area contributed by atoms with Crippen LogP contribution < -0.4 is 5.32 Å². The van der Waals surface area contributed by atoms with Crippen molar-refractivity contribution in [2.45, 2.75) is 13.5 Å². The maximum atomic E-state index is 4.30. The standard InChI is InChI=1S/C10H12BrN5/c1-2-12-10-5-13-9(4-14-10)7-16-6-8(11)3-15-16/h3-6H,2,7H2,1H3,(H,12,14). The van der Waals surface area contributed by atoms with E-state index in [0.717, 1.165) is 22.5 Å². The third-order valence-electron chi connectivity index (χ3n) is 1.99. The van der Waals surface area contributed by atoms with E-state index in [0.29, 0.717) is 6.54 Å². The van der Waals surface area contributed by atoms with E-state index >= 15 is 0 Å². The molecule has 0 aliphatic rings. The molecule has 0 unspecified atom stereocenters. The molecule has 2 heterocycles. The van der Waals surface area contributed by atoms with Crippen LogP contribution in [0.3, 0.4) is 0 Å². The second kappa shape index (κ2) is 5.07. The lowest BCUT2D eigenvalue weighted by Crippen LogP contribution is -2.05. The predicted molar refractivity (Wildman–Crippen MR) is 65.2 cm³/mol. The van der Waals surface area contributed by atoms with Gasteiger partial charge in [0.2, 0.25) is 0 Å². The van der Waals surface area contributed by atoms with E-state index in [1.165, 1.54) is 0 Å². The lowest BCUT2D eigenvalue weighted by Gasteiger charge is -2.03. The van der Waals surface area contributed by atoms with Gasteiger partial charge in [-0.1, -0.05) is 0 Å². The number of hydrogen-bond donors (Lipinski definition) is 1. The quantitative estimate of drug-likeness (QED) is 0.930.